The molecule has 0 unspecified atom stereocenters. The molecule has 1 aliphatic rings. The number of hydrogen-bond acceptors (Lipinski definition) is 5. The van der Waals surface area contributed by atoms with Crippen molar-refractivity contribution in [1.82, 2.24) is 0 Å². The highest BCUT2D eigenvalue weighted by molar-refractivity contribution is 6.61. The van der Waals surface area contributed by atoms with Crippen molar-refractivity contribution >= 4 is 12.6 Å². The average molecular weight is 196 g/mol. The Balaban J connectivity index is 2.55. The molecular formula is C8H9BO5. The van der Waals surface area contributed by atoms with Crippen molar-refractivity contribution < 1.29 is 24.6 Å². The van der Waals surface area contributed by atoms with Crippen LogP contribution in [0.15, 0.2) is 12.1 Å². The van der Waals surface area contributed by atoms with E-state index in [4.69, 9.17) is 19.5 Å². The van der Waals surface area contributed by atoms with Crippen LogP contribution in [0.4, 0.5) is 0 Å². The number of rotatable bonds is 1. The highest BCUT2D eigenvalue weighted by Crippen LogP contribution is 2.31. The van der Waals surface area contributed by atoms with Crippen LogP contribution in [0.5, 0.6) is 17.2 Å². The summed E-state index contributed by atoms with van der Waals surface area (Å²) in [5.41, 5.74) is -0.0535. The molecule has 5 nitrogen and oxygen atoms in total. The van der Waals surface area contributed by atoms with Gasteiger partial charge in [-0.05, 0) is 12.1 Å². The van der Waals surface area contributed by atoms with E-state index in [9.17, 15) is 5.11 Å². The molecule has 1 heterocycles. The maximum absolute atomic E-state index is 9.38. The van der Waals surface area contributed by atoms with E-state index in [-0.39, 0.29) is 17.0 Å². The second kappa shape index (κ2) is 3.40. The van der Waals surface area contributed by atoms with E-state index in [1.54, 1.807) is 0 Å². The molecule has 6 heteroatoms. The number of aromatic hydroxyl groups is 1. The predicted molar refractivity (Wildman–Crippen MR) is 48.9 cm³/mol. The number of benzene rings is 1. The van der Waals surface area contributed by atoms with Gasteiger partial charge in [0.25, 0.3) is 0 Å². The molecule has 0 spiro atoms. The number of phenols is 1. The molecule has 0 atom stereocenters. The van der Waals surface area contributed by atoms with E-state index >= 15 is 0 Å². The zero-order chi connectivity index (χ0) is 10.1. The third-order valence-corrected chi connectivity index (χ3v) is 1.98. The van der Waals surface area contributed by atoms with E-state index in [1.165, 1.54) is 12.1 Å². The molecule has 0 saturated heterocycles. The molecule has 0 bridgehead atoms. The van der Waals surface area contributed by atoms with Crippen molar-refractivity contribution in [1.29, 1.82) is 0 Å². The Morgan fingerprint density at radius 1 is 1.14 bits per heavy atom. The fraction of sp³-hybridized carbons (Fsp3) is 0.250. The third kappa shape index (κ3) is 1.38. The second-order valence-electron chi connectivity index (χ2n) is 2.90. The summed E-state index contributed by atoms with van der Waals surface area (Å²) < 4.78 is 10.4. The number of fused-ring (bicyclic) bond motifs is 1. The Hall–Kier alpha value is -1.40. The van der Waals surface area contributed by atoms with Gasteiger partial charge in [0, 0.05) is 0 Å². The maximum atomic E-state index is 9.38. The smallest absolute Gasteiger partial charge is 0.496 e. The van der Waals surface area contributed by atoms with Gasteiger partial charge in [-0.1, -0.05) is 0 Å². The summed E-state index contributed by atoms with van der Waals surface area (Å²) in [6, 6.07) is 2.86. The summed E-state index contributed by atoms with van der Waals surface area (Å²) in [5, 5.41) is 27.4. The van der Waals surface area contributed by atoms with E-state index in [2.05, 4.69) is 0 Å². The fourth-order valence-electron chi connectivity index (χ4n) is 1.38. The zero-order valence-corrected chi connectivity index (χ0v) is 7.30. The molecule has 3 N–H and O–H groups in total. The standard InChI is InChI=1S/C8H9BO5/c10-5-1-2-6-8(7(5)9(11)12)14-4-3-13-6/h1-2,10-12H,3-4H2. The van der Waals surface area contributed by atoms with Gasteiger partial charge >= 0.3 is 7.12 Å². The highest BCUT2D eigenvalue weighted by Gasteiger charge is 2.27. The van der Waals surface area contributed by atoms with Gasteiger partial charge in [-0.2, -0.15) is 0 Å². The van der Waals surface area contributed by atoms with Gasteiger partial charge in [0.2, 0.25) is 0 Å². The van der Waals surface area contributed by atoms with Gasteiger partial charge in [-0.3, -0.25) is 0 Å². The Morgan fingerprint density at radius 3 is 2.57 bits per heavy atom. The summed E-state index contributed by atoms with van der Waals surface area (Å²) in [6.07, 6.45) is 0. The van der Waals surface area contributed by atoms with Gasteiger partial charge in [-0.25, -0.2) is 0 Å². The monoisotopic (exact) mass is 196 g/mol. The van der Waals surface area contributed by atoms with Crippen LogP contribution in [0, 0.1) is 0 Å². The molecule has 1 aliphatic heterocycles. The van der Waals surface area contributed by atoms with Gasteiger partial charge in [0.05, 0.1) is 5.46 Å². The minimum atomic E-state index is -1.77. The van der Waals surface area contributed by atoms with Gasteiger partial charge in [0.15, 0.2) is 11.5 Å². The Kier molecular flexibility index (Phi) is 2.22. The molecule has 0 fully saturated rings. The minimum absolute atomic E-state index is 0.0535. The molecule has 2 rings (SSSR count). The van der Waals surface area contributed by atoms with Gasteiger partial charge < -0.3 is 24.6 Å². The van der Waals surface area contributed by atoms with Crippen molar-refractivity contribution in [2.75, 3.05) is 13.2 Å². The average Bonchev–Trinajstić information content (AvgIpc) is 2.17. The first-order valence-corrected chi connectivity index (χ1v) is 4.17. The molecular weight excluding hydrogens is 187 g/mol. The second-order valence-corrected chi connectivity index (χ2v) is 2.90. The number of hydrogen-bond donors (Lipinski definition) is 3. The lowest BCUT2D eigenvalue weighted by atomic mass is 9.78. The first-order chi connectivity index (χ1) is 6.70. The van der Waals surface area contributed by atoms with E-state index in [0.717, 1.165) is 0 Å². The van der Waals surface area contributed by atoms with Crippen LogP contribution in [0.1, 0.15) is 0 Å². The zero-order valence-electron chi connectivity index (χ0n) is 7.30. The normalized spacial score (nSPS) is 13.9. The van der Waals surface area contributed by atoms with Crippen LogP contribution < -0.4 is 14.9 Å². The third-order valence-electron chi connectivity index (χ3n) is 1.98. The van der Waals surface area contributed by atoms with Crippen LogP contribution in [0.3, 0.4) is 0 Å². The van der Waals surface area contributed by atoms with Crippen LogP contribution in [-0.2, 0) is 0 Å². The molecule has 1 aromatic carbocycles. The van der Waals surface area contributed by atoms with Crippen molar-refractivity contribution in [2.24, 2.45) is 0 Å². The summed E-state index contributed by atoms with van der Waals surface area (Å²) in [5.74, 6) is 0.396. The predicted octanol–water partition coefficient (Wildman–Crippen LogP) is -1.16. The molecule has 14 heavy (non-hydrogen) atoms. The molecule has 0 saturated carbocycles. The fourth-order valence-corrected chi connectivity index (χ4v) is 1.38. The lowest BCUT2D eigenvalue weighted by Crippen LogP contribution is -2.34. The summed E-state index contributed by atoms with van der Waals surface area (Å²) in [4.78, 5) is 0. The van der Waals surface area contributed by atoms with Crippen molar-refractivity contribution in [2.45, 2.75) is 0 Å². The molecule has 0 radical (unpaired) electrons. The number of ether oxygens (including phenoxy) is 2. The Morgan fingerprint density at radius 2 is 1.86 bits per heavy atom. The van der Waals surface area contributed by atoms with E-state index in [1.807, 2.05) is 0 Å². The summed E-state index contributed by atoms with van der Waals surface area (Å²) in [7, 11) is -1.77. The molecule has 0 aliphatic carbocycles. The maximum Gasteiger partial charge on any atom is 0.496 e. The molecule has 74 valence electrons. The van der Waals surface area contributed by atoms with Crippen molar-refractivity contribution in [3.63, 3.8) is 0 Å². The largest absolute Gasteiger partial charge is 0.508 e. The van der Waals surface area contributed by atoms with Gasteiger partial charge in [-0.15, -0.1) is 0 Å². The summed E-state index contributed by atoms with van der Waals surface area (Å²) in [6.45, 7) is 0.745. The Labute approximate surface area is 80.7 Å². The van der Waals surface area contributed by atoms with Crippen molar-refractivity contribution in [3.8, 4) is 17.2 Å². The van der Waals surface area contributed by atoms with Gasteiger partial charge in [0.1, 0.15) is 19.0 Å². The lowest BCUT2D eigenvalue weighted by molar-refractivity contribution is 0.172. The SMILES string of the molecule is OB(O)c1c(O)ccc2c1OCCO2. The van der Waals surface area contributed by atoms with E-state index in [0.29, 0.717) is 19.0 Å². The van der Waals surface area contributed by atoms with Crippen LogP contribution in [-0.4, -0.2) is 35.5 Å². The minimum Gasteiger partial charge on any atom is -0.508 e. The van der Waals surface area contributed by atoms with E-state index < -0.39 is 7.12 Å². The van der Waals surface area contributed by atoms with Crippen molar-refractivity contribution in [3.05, 3.63) is 12.1 Å². The summed E-state index contributed by atoms with van der Waals surface area (Å²) >= 11 is 0. The first kappa shape index (κ1) is 9.17. The topological polar surface area (TPSA) is 79.2 Å². The van der Waals surface area contributed by atoms with Crippen LogP contribution in [0.25, 0.3) is 0 Å². The molecule has 0 aromatic heterocycles. The highest BCUT2D eigenvalue weighted by atomic mass is 16.6. The Bertz CT molecular complexity index is 352. The molecule has 1 aromatic rings. The molecule has 0 amide bonds. The van der Waals surface area contributed by atoms with Crippen LogP contribution >= 0.6 is 0 Å². The van der Waals surface area contributed by atoms with Crippen LogP contribution in [0.2, 0.25) is 0 Å². The lowest BCUT2D eigenvalue weighted by Gasteiger charge is -2.21. The quantitative estimate of drug-likeness (QED) is 0.494. The number of phenolic OH excluding ortho intramolecular Hbond substituents is 1. The first-order valence-electron chi connectivity index (χ1n) is 4.17.